The minimum Gasteiger partial charge on any atom is -0.497 e. The fourth-order valence-electron chi connectivity index (χ4n) is 4.23. The normalized spacial score (nSPS) is 11.9. The first-order valence-electron chi connectivity index (χ1n) is 13.1. The Labute approximate surface area is 235 Å². The van der Waals surface area contributed by atoms with Gasteiger partial charge in [-0.05, 0) is 41.8 Å². The number of anilines is 1. The van der Waals surface area contributed by atoms with E-state index in [0.717, 1.165) is 29.0 Å². The number of methoxy groups -OCH3 is 1. The van der Waals surface area contributed by atoms with E-state index in [9.17, 15) is 22.4 Å². The van der Waals surface area contributed by atoms with E-state index in [-0.39, 0.29) is 24.6 Å². The van der Waals surface area contributed by atoms with E-state index in [1.54, 1.807) is 30.3 Å². The smallest absolute Gasteiger partial charge is 0.244 e. The number of carbonyl (C=O) groups excluding carboxylic acids is 2. The molecule has 0 aliphatic heterocycles. The lowest BCUT2D eigenvalue weighted by atomic mass is 10.0. The number of sulfonamides is 1. The van der Waals surface area contributed by atoms with Crippen LogP contribution in [0, 0.1) is 5.82 Å². The molecule has 1 N–H and O–H groups in total. The molecule has 3 aromatic rings. The van der Waals surface area contributed by atoms with Crippen LogP contribution in [-0.2, 0) is 32.6 Å². The Kier molecular flexibility index (Phi) is 11.1. The van der Waals surface area contributed by atoms with Crippen molar-refractivity contribution in [3.63, 3.8) is 0 Å². The number of hydrogen-bond donors (Lipinski definition) is 1. The Balaban J connectivity index is 2.03. The highest BCUT2D eigenvalue weighted by Gasteiger charge is 2.33. The lowest BCUT2D eigenvalue weighted by molar-refractivity contribution is -0.140. The zero-order valence-corrected chi connectivity index (χ0v) is 23.9. The van der Waals surface area contributed by atoms with Crippen LogP contribution in [0.5, 0.6) is 5.75 Å². The molecule has 0 bridgehead atoms. The van der Waals surface area contributed by atoms with Gasteiger partial charge in [0.2, 0.25) is 21.8 Å². The van der Waals surface area contributed by atoms with Crippen molar-refractivity contribution in [2.45, 2.75) is 38.8 Å². The van der Waals surface area contributed by atoms with Crippen molar-refractivity contribution in [2.24, 2.45) is 0 Å². The van der Waals surface area contributed by atoms with Gasteiger partial charge in [-0.2, -0.15) is 0 Å². The summed E-state index contributed by atoms with van der Waals surface area (Å²) in [5.74, 6) is -0.927. The minimum absolute atomic E-state index is 0.0203. The van der Waals surface area contributed by atoms with Crippen molar-refractivity contribution in [3.8, 4) is 5.75 Å². The first-order valence-corrected chi connectivity index (χ1v) is 14.9. The molecule has 0 unspecified atom stereocenters. The van der Waals surface area contributed by atoms with E-state index in [0.29, 0.717) is 17.9 Å². The molecule has 214 valence electrons. The zero-order chi connectivity index (χ0) is 29.1. The molecule has 1 atom stereocenters. The zero-order valence-electron chi connectivity index (χ0n) is 23.0. The fourth-order valence-corrected chi connectivity index (χ4v) is 5.07. The van der Waals surface area contributed by atoms with Gasteiger partial charge in [0.25, 0.3) is 0 Å². The molecule has 3 rings (SSSR count). The summed E-state index contributed by atoms with van der Waals surface area (Å²) in [7, 11) is -2.43. The predicted octanol–water partition coefficient (Wildman–Crippen LogP) is 4.16. The molecule has 40 heavy (non-hydrogen) atoms. The molecule has 0 saturated carbocycles. The average molecular weight is 570 g/mol. The number of halogens is 1. The number of benzene rings is 3. The molecule has 0 fully saturated rings. The highest BCUT2D eigenvalue weighted by molar-refractivity contribution is 7.92. The summed E-state index contributed by atoms with van der Waals surface area (Å²) >= 11 is 0. The van der Waals surface area contributed by atoms with E-state index in [4.69, 9.17) is 4.74 Å². The number of hydrogen-bond acceptors (Lipinski definition) is 5. The maximum atomic E-state index is 14.0. The topological polar surface area (TPSA) is 96.0 Å². The summed E-state index contributed by atoms with van der Waals surface area (Å²) in [4.78, 5) is 28.9. The van der Waals surface area contributed by atoms with Gasteiger partial charge in [-0.1, -0.05) is 61.9 Å². The number of amides is 2. The Morgan fingerprint density at radius 2 is 1.68 bits per heavy atom. The van der Waals surface area contributed by atoms with E-state index in [1.807, 2.05) is 37.3 Å². The molecule has 0 aromatic heterocycles. The summed E-state index contributed by atoms with van der Waals surface area (Å²) < 4.78 is 45.6. The van der Waals surface area contributed by atoms with Crippen molar-refractivity contribution >= 4 is 27.5 Å². The molecular formula is C30H36FN3O5S. The standard InChI is InChI=1S/C30H36FN3O5S/c1-4-5-18-32-30(36)28(19-23-10-7-6-8-11-23)33(21-24-14-16-25(31)17-15-24)29(35)22-34(40(3,37)38)26-12-9-13-27(20-26)39-2/h6-17,20,28H,4-5,18-19,21-22H2,1-3H3,(H,32,36)/t28-/m1/s1. The summed E-state index contributed by atoms with van der Waals surface area (Å²) in [6.07, 6.45) is 2.88. The molecule has 8 nitrogen and oxygen atoms in total. The molecule has 0 aliphatic carbocycles. The minimum atomic E-state index is -3.89. The maximum Gasteiger partial charge on any atom is 0.244 e. The van der Waals surface area contributed by atoms with Gasteiger partial charge >= 0.3 is 0 Å². The van der Waals surface area contributed by atoms with Crippen LogP contribution in [0.2, 0.25) is 0 Å². The van der Waals surface area contributed by atoms with Gasteiger partial charge in [0.15, 0.2) is 0 Å². The van der Waals surface area contributed by atoms with E-state index in [2.05, 4.69) is 5.32 Å². The molecule has 10 heteroatoms. The van der Waals surface area contributed by atoms with Crippen LogP contribution in [-0.4, -0.2) is 57.6 Å². The van der Waals surface area contributed by atoms with Crippen LogP contribution in [0.1, 0.15) is 30.9 Å². The number of nitrogens with one attached hydrogen (secondary N) is 1. The predicted molar refractivity (Wildman–Crippen MR) is 154 cm³/mol. The van der Waals surface area contributed by atoms with Gasteiger partial charge in [-0.25, -0.2) is 12.8 Å². The largest absolute Gasteiger partial charge is 0.497 e. The van der Waals surface area contributed by atoms with E-state index < -0.39 is 34.3 Å². The molecule has 3 aromatic carbocycles. The number of ether oxygens (including phenoxy) is 1. The summed E-state index contributed by atoms with van der Waals surface area (Å²) in [5, 5.41) is 2.92. The Morgan fingerprint density at radius 1 is 0.975 bits per heavy atom. The molecule has 0 aliphatic rings. The second-order valence-corrected chi connectivity index (χ2v) is 11.4. The average Bonchev–Trinajstić information content (AvgIpc) is 2.94. The summed E-state index contributed by atoms with van der Waals surface area (Å²) in [5.41, 5.74) is 1.69. The number of nitrogens with zero attached hydrogens (tertiary/aromatic N) is 2. The summed E-state index contributed by atoms with van der Waals surface area (Å²) in [6.45, 7) is 1.89. The van der Waals surface area contributed by atoms with Crippen molar-refractivity contribution < 1.29 is 27.1 Å². The highest BCUT2D eigenvalue weighted by Crippen LogP contribution is 2.24. The van der Waals surface area contributed by atoms with Crippen LogP contribution >= 0.6 is 0 Å². The number of carbonyl (C=O) groups is 2. The Morgan fingerprint density at radius 3 is 2.30 bits per heavy atom. The van der Waals surface area contributed by atoms with Crippen molar-refractivity contribution in [1.82, 2.24) is 10.2 Å². The quantitative estimate of drug-likeness (QED) is 0.294. The van der Waals surface area contributed by atoms with Crippen LogP contribution in [0.4, 0.5) is 10.1 Å². The molecule has 0 saturated heterocycles. The Bertz CT molecular complexity index is 1370. The van der Waals surface area contributed by atoms with Gasteiger partial charge in [-0.15, -0.1) is 0 Å². The molecule has 2 amide bonds. The molecule has 0 spiro atoms. The Hall–Kier alpha value is -3.92. The van der Waals surface area contributed by atoms with Gasteiger partial charge in [-0.3, -0.25) is 13.9 Å². The lowest BCUT2D eigenvalue weighted by Crippen LogP contribution is -2.53. The van der Waals surface area contributed by atoms with E-state index in [1.165, 1.54) is 30.2 Å². The molecular weight excluding hydrogens is 533 g/mol. The first kappa shape index (κ1) is 30.6. The number of unbranched alkanes of at least 4 members (excludes halogenated alkanes) is 1. The van der Waals surface area contributed by atoms with Gasteiger partial charge in [0, 0.05) is 25.6 Å². The van der Waals surface area contributed by atoms with Crippen LogP contribution in [0.15, 0.2) is 78.9 Å². The molecule has 0 radical (unpaired) electrons. The van der Waals surface area contributed by atoms with Crippen molar-refractivity contribution in [3.05, 3.63) is 95.8 Å². The lowest BCUT2D eigenvalue weighted by Gasteiger charge is -2.33. The van der Waals surface area contributed by atoms with Gasteiger partial charge in [0.05, 0.1) is 19.1 Å². The van der Waals surface area contributed by atoms with Crippen molar-refractivity contribution in [2.75, 3.05) is 30.8 Å². The van der Waals surface area contributed by atoms with Crippen LogP contribution in [0.25, 0.3) is 0 Å². The number of rotatable bonds is 14. The third-order valence-electron chi connectivity index (χ3n) is 6.39. The van der Waals surface area contributed by atoms with Gasteiger partial charge < -0.3 is 15.0 Å². The second-order valence-electron chi connectivity index (χ2n) is 9.47. The maximum absolute atomic E-state index is 14.0. The summed E-state index contributed by atoms with van der Waals surface area (Å²) in [6, 6.07) is 20.4. The highest BCUT2D eigenvalue weighted by atomic mass is 32.2. The van der Waals surface area contributed by atoms with Crippen molar-refractivity contribution in [1.29, 1.82) is 0 Å². The third kappa shape index (κ3) is 8.81. The molecule has 0 heterocycles. The monoisotopic (exact) mass is 569 g/mol. The van der Waals surface area contributed by atoms with Gasteiger partial charge in [0.1, 0.15) is 24.2 Å². The fraction of sp³-hybridized carbons (Fsp3) is 0.333. The van der Waals surface area contributed by atoms with Crippen LogP contribution < -0.4 is 14.4 Å². The SMILES string of the molecule is CCCCNC(=O)[C@@H](Cc1ccccc1)N(Cc1ccc(F)cc1)C(=O)CN(c1cccc(OC)c1)S(C)(=O)=O. The third-order valence-corrected chi connectivity index (χ3v) is 7.53. The van der Waals surface area contributed by atoms with Crippen LogP contribution in [0.3, 0.4) is 0 Å². The first-order chi connectivity index (χ1) is 19.1. The second kappa shape index (κ2) is 14.5. The van der Waals surface area contributed by atoms with E-state index >= 15 is 0 Å².